The highest BCUT2D eigenvalue weighted by Crippen LogP contribution is 2.22. The van der Waals surface area contributed by atoms with E-state index in [1.165, 1.54) is 0 Å². The molecule has 98 valence electrons. The number of anilines is 1. The third kappa shape index (κ3) is 3.22. The van der Waals surface area contributed by atoms with E-state index in [1.54, 1.807) is 6.92 Å². The number of hydrogen-bond donors (Lipinski definition) is 0. The van der Waals surface area contributed by atoms with Gasteiger partial charge in [0.05, 0.1) is 13.0 Å². The average molecular weight is 251 g/mol. The van der Waals surface area contributed by atoms with Crippen molar-refractivity contribution in [2.24, 2.45) is 0 Å². The van der Waals surface area contributed by atoms with E-state index in [0.717, 1.165) is 17.8 Å². The Bertz CT molecular complexity index is 405. The van der Waals surface area contributed by atoms with Gasteiger partial charge in [-0.1, -0.05) is 12.1 Å². The number of rotatable bonds is 4. The Hall–Kier alpha value is -1.58. The number of esters is 1. The molecule has 1 atom stereocenters. The first-order valence-corrected chi connectivity index (χ1v) is 6.32. The summed E-state index contributed by atoms with van der Waals surface area (Å²) >= 11 is 0. The van der Waals surface area contributed by atoms with E-state index in [4.69, 9.17) is 4.74 Å². The molecule has 0 aromatic heterocycles. The Morgan fingerprint density at radius 2 is 2.17 bits per heavy atom. The molecule has 1 heterocycles. The predicted molar refractivity (Wildman–Crippen MR) is 68.5 cm³/mol. The molecule has 1 aliphatic rings. The normalized spacial score (nSPS) is 19.0. The molecule has 1 aromatic rings. The molecular formula is C14H18FNO2. The van der Waals surface area contributed by atoms with Crippen molar-refractivity contribution in [3.63, 3.8) is 0 Å². The number of halogens is 1. The van der Waals surface area contributed by atoms with E-state index >= 15 is 0 Å². The minimum absolute atomic E-state index is 0.213. The van der Waals surface area contributed by atoms with E-state index in [0.29, 0.717) is 26.0 Å². The fourth-order valence-corrected chi connectivity index (χ4v) is 2.16. The first-order chi connectivity index (χ1) is 8.69. The minimum atomic E-state index is -0.718. The maximum Gasteiger partial charge on any atom is 0.310 e. The van der Waals surface area contributed by atoms with Crippen molar-refractivity contribution in [1.82, 2.24) is 0 Å². The Morgan fingerprint density at radius 3 is 2.72 bits per heavy atom. The first-order valence-electron chi connectivity index (χ1n) is 6.32. The molecule has 4 heteroatoms. The quantitative estimate of drug-likeness (QED) is 0.769. The summed E-state index contributed by atoms with van der Waals surface area (Å²) in [7, 11) is 0. The fraction of sp³-hybridized carbons (Fsp3) is 0.500. The van der Waals surface area contributed by atoms with E-state index in [9.17, 15) is 9.18 Å². The highest BCUT2D eigenvalue weighted by atomic mass is 19.1. The minimum Gasteiger partial charge on any atom is -0.466 e. The summed E-state index contributed by atoms with van der Waals surface area (Å²) in [4.78, 5) is 13.3. The van der Waals surface area contributed by atoms with E-state index in [1.807, 2.05) is 29.2 Å². The van der Waals surface area contributed by atoms with Crippen LogP contribution in [0, 0.1) is 0 Å². The lowest BCUT2D eigenvalue weighted by molar-refractivity contribution is -0.142. The molecule has 1 saturated heterocycles. The third-order valence-electron chi connectivity index (χ3n) is 3.09. The van der Waals surface area contributed by atoms with Crippen LogP contribution in [0.3, 0.4) is 0 Å². The maximum absolute atomic E-state index is 13.1. The molecule has 2 rings (SSSR count). The molecule has 0 radical (unpaired) electrons. The van der Waals surface area contributed by atoms with Gasteiger partial charge in [-0.3, -0.25) is 4.79 Å². The number of ether oxygens (including phenoxy) is 1. The molecule has 0 unspecified atom stereocenters. The average Bonchev–Trinajstić information content (AvgIpc) is 2.77. The van der Waals surface area contributed by atoms with Gasteiger partial charge in [0.2, 0.25) is 0 Å². The van der Waals surface area contributed by atoms with Crippen molar-refractivity contribution < 1.29 is 13.9 Å². The van der Waals surface area contributed by atoms with E-state index in [-0.39, 0.29) is 5.97 Å². The van der Waals surface area contributed by atoms with Crippen LogP contribution in [-0.4, -0.2) is 31.8 Å². The highest BCUT2D eigenvalue weighted by molar-refractivity contribution is 5.72. The van der Waals surface area contributed by atoms with Crippen molar-refractivity contribution in [1.29, 1.82) is 0 Å². The van der Waals surface area contributed by atoms with Crippen molar-refractivity contribution in [2.45, 2.75) is 25.9 Å². The standard InChI is InChI=1S/C14H18FNO2/c1-2-18-14(17)9-11-3-5-13(6-4-11)16-8-7-12(15)10-16/h3-6,12H,2,7-10H2,1H3/t12-/m0/s1. The number of benzene rings is 1. The molecule has 0 saturated carbocycles. The summed E-state index contributed by atoms with van der Waals surface area (Å²) in [5, 5.41) is 0. The predicted octanol–water partition coefficient (Wildman–Crippen LogP) is 2.34. The molecule has 0 N–H and O–H groups in total. The summed E-state index contributed by atoms with van der Waals surface area (Å²) in [6, 6.07) is 7.68. The smallest absolute Gasteiger partial charge is 0.310 e. The maximum atomic E-state index is 13.1. The number of nitrogens with zero attached hydrogens (tertiary/aromatic N) is 1. The Balaban J connectivity index is 1.95. The molecule has 0 spiro atoms. The van der Waals surface area contributed by atoms with Gasteiger partial charge in [0.15, 0.2) is 0 Å². The lowest BCUT2D eigenvalue weighted by Gasteiger charge is -2.17. The van der Waals surface area contributed by atoms with Crippen molar-refractivity contribution in [2.75, 3.05) is 24.6 Å². The molecule has 3 nitrogen and oxygen atoms in total. The second kappa shape index (κ2) is 5.85. The topological polar surface area (TPSA) is 29.5 Å². The Kier molecular flexibility index (Phi) is 4.18. The van der Waals surface area contributed by atoms with Gasteiger partial charge in [0.1, 0.15) is 6.17 Å². The van der Waals surface area contributed by atoms with Crippen molar-refractivity contribution >= 4 is 11.7 Å². The van der Waals surface area contributed by atoms with Crippen molar-refractivity contribution in [3.05, 3.63) is 29.8 Å². The Labute approximate surface area is 107 Å². The van der Waals surface area contributed by atoms with Gasteiger partial charge in [-0.05, 0) is 31.0 Å². The first kappa shape index (κ1) is 12.9. The lowest BCUT2D eigenvalue weighted by Crippen LogP contribution is -2.19. The van der Waals surface area contributed by atoms with Gasteiger partial charge in [0, 0.05) is 18.8 Å². The highest BCUT2D eigenvalue weighted by Gasteiger charge is 2.21. The number of carbonyl (C=O) groups excluding carboxylic acids is 1. The van der Waals surface area contributed by atoms with Gasteiger partial charge in [-0.25, -0.2) is 4.39 Å². The van der Waals surface area contributed by atoms with Gasteiger partial charge < -0.3 is 9.64 Å². The van der Waals surface area contributed by atoms with Crippen LogP contribution in [-0.2, 0) is 16.0 Å². The zero-order valence-electron chi connectivity index (χ0n) is 10.6. The van der Waals surface area contributed by atoms with Gasteiger partial charge in [-0.15, -0.1) is 0 Å². The second-order valence-electron chi connectivity index (χ2n) is 4.48. The van der Waals surface area contributed by atoms with Crippen LogP contribution in [0.15, 0.2) is 24.3 Å². The zero-order chi connectivity index (χ0) is 13.0. The van der Waals surface area contributed by atoms with Gasteiger partial charge in [0.25, 0.3) is 0 Å². The largest absolute Gasteiger partial charge is 0.466 e. The summed E-state index contributed by atoms with van der Waals surface area (Å²) in [5.74, 6) is -0.213. The number of hydrogen-bond acceptors (Lipinski definition) is 3. The molecule has 0 bridgehead atoms. The zero-order valence-corrected chi connectivity index (χ0v) is 10.6. The van der Waals surface area contributed by atoms with E-state index in [2.05, 4.69) is 0 Å². The lowest BCUT2D eigenvalue weighted by atomic mass is 10.1. The van der Waals surface area contributed by atoms with Crippen LogP contribution in [0.4, 0.5) is 10.1 Å². The van der Waals surface area contributed by atoms with Crippen LogP contribution in [0.25, 0.3) is 0 Å². The van der Waals surface area contributed by atoms with Crippen LogP contribution < -0.4 is 4.90 Å². The van der Waals surface area contributed by atoms with E-state index < -0.39 is 6.17 Å². The van der Waals surface area contributed by atoms with Gasteiger partial charge >= 0.3 is 5.97 Å². The summed E-state index contributed by atoms with van der Waals surface area (Å²) < 4.78 is 18.0. The summed E-state index contributed by atoms with van der Waals surface area (Å²) in [5.41, 5.74) is 1.94. The number of alkyl halides is 1. The number of carbonyl (C=O) groups is 1. The molecule has 1 aliphatic heterocycles. The molecule has 1 fully saturated rings. The summed E-state index contributed by atoms with van der Waals surface area (Å²) in [6.45, 7) is 3.43. The second-order valence-corrected chi connectivity index (χ2v) is 4.48. The molecule has 1 aromatic carbocycles. The Morgan fingerprint density at radius 1 is 1.44 bits per heavy atom. The van der Waals surface area contributed by atoms with Crippen LogP contribution in [0.1, 0.15) is 18.9 Å². The van der Waals surface area contributed by atoms with Crippen LogP contribution in [0.5, 0.6) is 0 Å². The molecule has 18 heavy (non-hydrogen) atoms. The monoisotopic (exact) mass is 251 g/mol. The third-order valence-corrected chi connectivity index (χ3v) is 3.09. The molecule has 0 amide bonds. The SMILES string of the molecule is CCOC(=O)Cc1ccc(N2CC[C@H](F)C2)cc1. The molecular weight excluding hydrogens is 233 g/mol. The van der Waals surface area contributed by atoms with Crippen molar-refractivity contribution in [3.8, 4) is 0 Å². The van der Waals surface area contributed by atoms with Crippen LogP contribution >= 0.6 is 0 Å². The fourth-order valence-electron chi connectivity index (χ4n) is 2.16. The van der Waals surface area contributed by atoms with Gasteiger partial charge in [-0.2, -0.15) is 0 Å². The van der Waals surface area contributed by atoms with Crippen LogP contribution in [0.2, 0.25) is 0 Å². The summed E-state index contributed by atoms with van der Waals surface area (Å²) in [6.07, 6.45) is 0.175. The molecule has 0 aliphatic carbocycles.